The summed E-state index contributed by atoms with van der Waals surface area (Å²) < 4.78 is 0. The van der Waals surface area contributed by atoms with Gasteiger partial charge in [-0.05, 0) is 38.7 Å². The van der Waals surface area contributed by atoms with E-state index in [1.54, 1.807) is 13.1 Å². The highest BCUT2D eigenvalue weighted by Gasteiger charge is 2.41. The Labute approximate surface area is 107 Å². The molecule has 2 saturated heterocycles. The van der Waals surface area contributed by atoms with Crippen LogP contribution in [0.2, 0.25) is 0 Å². The lowest BCUT2D eigenvalue weighted by molar-refractivity contribution is 0.125. The minimum Gasteiger partial charge on any atom is -0.393 e. The van der Waals surface area contributed by atoms with Crippen molar-refractivity contribution in [3.8, 4) is 0 Å². The van der Waals surface area contributed by atoms with Crippen molar-refractivity contribution in [2.45, 2.75) is 56.9 Å². The standard InChI is InChI=1S/C14H20N2O2/c1-9(17)13-3-2-6-15-14(13)16-10-4-5-11(16)8-12(18)7-10/h2-3,6,9-12,17-18H,4-5,7-8H2,1H3/t9-,10?,11?,12?/m1/s1. The fourth-order valence-corrected chi connectivity index (χ4v) is 3.45. The SMILES string of the molecule is C[C@@H](O)c1cccnc1N1C2CCC1CC(O)C2. The highest BCUT2D eigenvalue weighted by atomic mass is 16.3. The van der Waals surface area contributed by atoms with Crippen molar-refractivity contribution in [1.82, 2.24) is 4.98 Å². The van der Waals surface area contributed by atoms with Gasteiger partial charge in [-0.2, -0.15) is 0 Å². The van der Waals surface area contributed by atoms with Gasteiger partial charge in [0.05, 0.1) is 12.2 Å². The molecule has 2 N–H and O–H groups in total. The van der Waals surface area contributed by atoms with Gasteiger partial charge in [-0.25, -0.2) is 4.98 Å². The third-order valence-electron chi connectivity index (χ3n) is 4.22. The first-order valence-corrected chi connectivity index (χ1v) is 6.76. The van der Waals surface area contributed by atoms with Gasteiger partial charge in [0, 0.05) is 23.8 Å². The number of hydrogen-bond acceptors (Lipinski definition) is 4. The van der Waals surface area contributed by atoms with Crippen molar-refractivity contribution in [2.75, 3.05) is 4.90 Å². The molecule has 2 fully saturated rings. The Morgan fingerprint density at radius 2 is 2.00 bits per heavy atom. The predicted molar refractivity (Wildman–Crippen MR) is 69.4 cm³/mol. The van der Waals surface area contributed by atoms with E-state index in [1.165, 1.54) is 0 Å². The number of pyridine rings is 1. The van der Waals surface area contributed by atoms with Crippen molar-refractivity contribution < 1.29 is 10.2 Å². The normalized spacial score (nSPS) is 32.6. The van der Waals surface area contributed by atoms with Gasteiger partial charge in [0.15, 0.2) is 0 Å². The van der Waals surface area contributed by atoms with Crippen LogP contribution in [0.5, 0.6) is 0 Å². The van der Waals surface area contributed by atoms with E-state index in [2.05, 4.69) is 9.88 Å². The molecule has 4 heteroatoms. The van der Waals surface area contributed by atoms with Gasteiger partial charge in [0.25, 0.3) is 0 Å². The van der Waals surface area contributed by atoms with Gasteiger partial charge < -0.3 is 15.1 Å². The lowest BCUT2D eigenvalue weighted by Gasteiger charge is -2.39. The Hall–Kier alpha value is -1.13. The topological polar surface area (TPSA) is 56.6 Å². The minimum absolute atomic E-state index is 0.169. The van der Waals surface area contributed by atoms with Crippen LogP contribution >= 0.6 is 0 Å². The third-order valence-corrected chi connectivity index (χ3v) is 4.22. The molecule has 0 radical (unpaired) electrons. The molecule has 4 nitrogen and oxygen atoms in total. The number of rotatable bonds is 2. The highest BCUT2D eigenvalue weighted by Crippen LogP contribution is 2.40. The molecule has 3 rings (SSSR count). The van der Waals surface area contributed by atoms with E-state index in [1.807, 2.05) is 12.1 Å². The molecule has 0 aromatic carbocycles. The van der Waals surface area contributed by atoms with Crippen molar-refractivity contribution in [3.05, 3.63) is 23.9 Å². The number of fused-ring (bicyclic) bond motifs is 2. The van der Waals surface area contributed by atoms with Crippen molar-refractivity contribution in [2.24, 2.45) is 0 Å². The smallest absolute Gasteiger partial charge is 0.134 e. The van der Waals surface area contributed by atoms with Gasteiger partial charge >= 0.3 is 0 Å². The number of aliphatic hydroxyl groups is 2. The van der Waals surface area contributed by atoms with Crippen LogP contribution in [-0.4, -0.2) is 33.4 Å². The van der Waals surface area contributed by atoms with E-state index in [0.29, 0.717) is 12.1 Å². The molecule has 3 heterocycles. The van der Waals surface area contributed by atoms with Crippen LogP contribution in [0.25, 0.3) is 0 Å². The lowest BCUT2D eigenvalue weighted by Crippen LogP contribution is -2.45. The van der Waals surface area contributed by atoms with Crippen LogP contribution in [-0.2, 0) is 0 Å². The van der Waals surface area contributed by atoms with E-state index in [4.69, 9.17) is 0 Å². The fraction of sp³-hybridized carbons (Fsp3) is 0.643. The van der Waals surface area contributed by atoms with Crippen LogP contribution in [0.3, 0.4) is 0 Å². The van der Waals surface area contributed by atoms with Crippen LogP contribution in [0.15, 0.2) is 18.3 Å². The Bertz CT molecular complexity index is 422. The van der Waals surface area contributed by atoms with E-state index < -0.39 is 6.10 Å². The molecule has 2 bridgehead atoms. The largest absolute Gasteiger partial charge is 0.393 e. The average molecular weight is 248 g/mol. The van der Waals surface area contributed by atoms with Crippen LogP contribution in [0, 0.1) is 0 Å². The van der Waals surface area contributed by atoms with Crippen LogP contribution in [0.4, 0.5) is 5.82 Å². The number of aromatic nitrogens is 1. The fourth-order valence-electron chi connectivity index (χ4n) is 3.45. The van der Waals surface area contributed by atoms with E-state index in [-0.39, 0.29) is 6.10 Å². The summed E-state index contributed by atoms with van der Waals surface area (Å²) in [7, 11) is 0. The summed E-state index contributed by atoms with van der Waals surface area (Å²) >= 11 is 0. The van der Waals surface area contributed by atoms with E-state index in [9.17, 15) is 10.2 Å². The van der Waals surface area contributed by atoms with Crippen LogP contribution in [0.1, 0.15) is 44.3 Å². The first-order chi connectivity index (χ1) is 8.66. The quantitative estimate of drug-likeness (QED) is 0.835. The molecule has 2 aliphatic heterocycles. The van der Waals surface area contributed by atoms with Gasteiger partial charge in [-0.1, -0.05) is 6.07 Å². The summed E-state index contributed by atoms with van der Waals surface area (Å²) in [6.45, 7) is 1.78. The number of piperidine rings is 1. The maximum atomic E-state index is 9.86. The maximum absolute atomic E-state index is 9.86. The molecule has 3 atom stereocenters. The molecular formula is C14H20N2O2. The molecule has 0 aliphatic carbocycles. The number of nitrogens with zero attached hydrogens (tertiary/aromatic N) is 2. The van der Waals surface area contributed by atoms with Gasteiger partial charge in [-0.3, -0.25) is 0 Å². The zero-order valence-electron chi connectivity index (χ0n) is 10.7. The molecule has 1 aromatic heterocycles. The Kier molecular flexibility index (Phi) is 2.99. The third kappa shape index (κ3) is 1.89. The monoisotopic (exact) mass is 248 g/mol. The second-order valence-corrected chi connectivity index (χ2v) is 5.51. The summed E-state index contributed by atoms with van der Waals surface area (Å²) in [4.78, 5) is 6.80. The Morgan fingerprint density at radius 1 is 1.33 bits per heavy atom. The summed E-state index contributed by atoms with van der Waals surface area (Å²) in [5.74, 6) is 0.909. The summed E-state index contributed by atoms with van der Waals surface area (Å²) in [6, 6.07) is 4.57. The molecule has 1 aromatic rings. The summed E-state index contributed by atoms with van der Waals surface area (Å²) in [5, 5.41) is 19.7. The van der Waals surface area contributed by atoms with E-state index >= 15 is 0 Å². The zero-order valence-corrected chi connectivity index (χ0v) is 10.7. The first-order valence-electron chi connectivity index (χ1n) is 6.76. The Morgan fingerprint density at radius 3 is 2.61 bits per heavy atom. The minimum atomic E-state index is -0.500. The first kappa shape index (κ1) is 11.9. The van der Waals surface area contributed by atoms with Crippen molar-refractivity contribution in [1.29, 1.82) is 0 Å². The second kappa shape index (κ2) is 4.52. The van der Waals surface area contributed by atoms with Gasteiger partial charge in [0.2, 0.25) is 0 Å². The molecule has 0 spiro atoms. The molecule has 2 aliphatic rings. The molecular weight excluding hydrogens is 228 g/mol. The molecule has 0 amide bonds. The van der Waals surface area contributed by atoms with Crippen LogP contribution < -0.4 is 4.90 Å². The summed E-state index contributed by atoms with van der Waals surface area (Å²) in [6.07, 6.45) is 5.01. The van der Waals surface area contributed by atoms with E-state index in [0.717, 1.165) is 37.1 Å². The number of hydrogen-bond donors (Lipinski definition) is 2. The second-order valence-electron chi connectivity index (χ2n) is 5.51. The average Bonchev–Trinajstić information content (AvgIpc) is 2.61. The molecule has 0 saturated carbocycles. The number of anilines is 1. The van der Waals surface area contributed by atoms with Crippen molar-refractivity contribution in [3.63, 3.8) is 0 Å². The predicted octanol–water partition coefficient (Wildman–Crippen LogP) is 1.63. The highest BCUT2D eigenvalue weighted by molar-refractivity contribution is 5.51. The molecule has 98 valence electrons. The zero-order chi connectivity index (χ0) is 12.7. The Balaban J connectivity index is 1.96. The van der Waals surface area contributed by atoms with Gasteiger partial charge in [-0.15, -0.1) is 0 Å². The number of aliphatic hydroxyl groups excluding tert-OH is 2. The maximum Gasteiger partial charge on any atom is 0.134 e. The molecule has 18 heavy (non-hydrogen) atoms. The summed E-state index contributed by atoms with van der Waals surface area (Å²) in [5.41, 5.74) is 0.894. The molecule has 2 unspecified atom stereocenters. The van der Waals surface area contributed by atoms with Crippen molar-refractivity contribution >= 4 is 5.82 Å². The lowest BCUT2D eigenvalue weighted by atomic mass is 9.98. The van der Waals surface area contributed by atoms with Gasteiger partial charge in [0.1, 0.15) is 5.82 Å².